The molecular weight excluding hydrogens is 296 g/mol. The zero-order valence-corrected chi connectivity index (χ0v) is 10.8. The fourth-order valence-electron chi connectivity index (χ4n) is 1.34. The number of rotatable bonds is 4. The van der Waals surface area contributed by atoms with E-state index in [1.165, 1.54) is 18.2 Å². The topological polar surface area (TPSA) is 110 Å². The molecule has 100 valence electrons. The number of aromatic nitrogens is 2. The number of nitrogens with zero attached hydrogens (tertiary/aromatic N) is 2. The molecule has 1 heterocycles. The van der Waals surface area contributed by atoms with Gasteiger partial charge in [-0.1, -0.05) is 28.9 Å². The van der Waals surface area contributed by atoms with Crippen molar-refractivity contribution < 1.29 is 22.8 Å². The van der Waals surface area contributed by atoms with Crippen molar-refractivity contribution in [3.05, 3.63) is 41.0 Å². The molecule has 9 heteroatoms. The molecule has 0 aliphatic heterocycles. The molecule has 0 atom stereocenters. The lowest BCUT2D eigenvalue weighted by molar-refractivity contribution is 0.0643. The van der Waals surface area contributed by atoms with Gasteiger partial charge in [0.1, 0.15) is 5.75 Å². The number of carbonyl (C=O) groups is 1. The van der Waals surface area contributed by atoms with Gasteiger partial charge in [0.25, 0.3) is 0 Å². The Morgan fingerprint density at radius 3 is 2.63 bits per heavy atom. The third-order valence-corrected chi connectivity index (χ3v) is 4.25. The molecule has 1 N–H and O–H groups in total. The van der Waals surface area contributed by atoms with E-state index in [0.717, 1.165) is 0 Å². The lowest BCUT2D eigenvalue weighted by Gasteiger charge is -2.03. The molecule has 0 unspecified atom stereocenters. The standard InChI is InChI=1S/C10H7ClN2O5S/c11-6-3-1-2-4-7(6)19(16,17)5-8-12-9(10(14)15)18-13-8/h1-4H,5H2,(H,14,15). The summed E-state index contributed by atoms with van der Waals surface area (Å²) in [5, 5.41) is 12.0. The van der Waals surface area contributed by atoms with Crippen LogP contribution in [0.3, 0.4) is 0 Å². The fraction of sp³-hybridized carbons (Fsp3) is 0.100. The largest absolute Gasteiger partial charge is 0.474 e. The smallest absolute Gasteiger partial charge is 0.394 e. The molecule has 1 aromatic heterocycles. The quantitative estimate of drug-likeness (QED) is 0.908. The highest BCUT2D eigenvalue weighted by Crippen LogP contribution is 2.23. The van der Waals surface area contributed by atoms with Gasteiger partial charge in [-0.3, -0.25) is 0 Å². The van der Waals surface area contributed by atoms with E-state index < -0.39 is 27.5 Å². The maximum atomic E-state index is 12.0. The number of aromatic carboxylic acids is 1. The molecule has 0 saturated heterocycles. The Bertz CT molecular complexity index is 725. The van der Waals surface area contributed by atoms with Crippen molar-refractivity contribution >= 4 is 27.4 Å². The Morgan fingerprint density at radius 2 is 2.05 bits per heavy atom. The SMILES string of the molecule is O=C(O)c1nc(CS(=O)(=O)c2ccccc2Cl)no1. The maximum Gasteiger partial charge on any atom is 0.394 e. The molecule has 0 saturated carbocycles. The summed E-state index contributed by atoms with van der Waals surface area (Å²) in [5.74, 6) is -2.91. The first-order chi connectivity index (χ1) is 8.90. The van der Waals surface area contributed by atoms with Gasteiger partial charge in [0.15, 0.2) is 15.7 Å². The van der Waals surface area contributed by atoms with Crippen LogP contribution >= 0.6 is 11.6 Å². The van der Waals surface area contributed by atoms with Crippen LogP contribution in [0, 0.1) is 0 Å². The third-order valence-electron chi connectivity index (χ3n) is 2.14. The van der Waals surface area contributed by atoms with Gasteiger partial charge in [0.05, 0.1) is 9.92 Å². The van der Waals surface area contributed by atoms with Gasteiger partial charge in [0, 0.05) is 0 Å². The number of sulfone groups is 1. The Kier molecular flexibility index (Phi) is 3.54. The highest BCUT2D eigenvalue weighted by molar-refractivity contribution is 7.90. The van der Waals surface area contributed by atoms with Crippen LogP contribution in [0.2, 0.25) is 5.02 Å². The first-order valence-corrected chi connectivity index (χ1v) is 6.96. The van der Waals surface area contributed by atoms with E-state index in [2.05, 4.69) is 14.7 Å². The number of halogens is 1. The van der Waals surface area contributed by atoms with Gasteiger partial charge in [-0.25, -0.2) is 13.2 Å². The first kappa shape index (κ1) is 13.5. The minimum absolute atomic E-state index is 0.0710. The number of carboxylic acids is 1. The van der Waals surface area contributed by atoms with Gasteiger partial charge in [-0.2, -0.15) is 4.98 Å². The van der Waals surface area contributed by atoms with E-state index in [-0.39, 0.29) is 15.7 Å². The van der Waals surface area contributed by atoms with Gasteiger partial charge in [-0.15, -0.1) is 0 Å². The molecule has 2 rings (SSSR count). The lowest BCUT2D eigenvalue weighted by atomic mass is 10.4. The van der Waals surface area contributed by atoms with Gasteiger partial charge < -0.3 is 9.63 Å². The molecule has 0 bridgehead atoms. The average molecular weight is 303 g/mol. The number of hydrogen-bond donors (Lipinski definition) is 1. The summed E-state index contributed by atoms with van der Waals surface area (Å²) in [6.45, 7) is 0. The van der Waals surface area contributed by atoms with Crippen molar-refractivity contribution in [3.8, 4) is 0 Å². The molecule has 19 heavy (non-hydrogen) atoms. The van der Waals surface area contributed by atoms with Crippen LogP contribution in [0.1, 0.15) is 16.5 Å². The molecule has 0 aliphatic carbocycles. The molecule has 0 radical (unpaired) electrons. The van der Waals surface area contributed by atoms with Gasteiger partial charge in [-0.05, 0) is 12.1 Å². The van der Waals surface area contributed by atoms with Crippen LogP contribution in [-0.2, 0) is 15.6 Å². The van der Waals surface area contributed by atoms with Crippen molar-refractivity contribution in [2.75, 3.05) is 0 Å². The summed E-state index contributed by atoms with van der Waals surface area (Å²) in [4.78, 5) is 13.9. The maximum absolute atomic E-state index is 12.0. The van der Waals surface area contributed by atoms with Crippen molar-refractivity contribution in [2.24, 2.45) is 0 Å². The minimum atomic E-state index is -3.77. The van der Waals surface area contributed by atoms with Crippen molar-refractivity contribution in [1.29, 1.82) is 0 Å². The summed E-state index contributed by atoms with van der Waals surface area (Å²) in [6.07, 6.45) is 0. The van der Waals surface area contributed by atoms with E-state index in [1.807, 2.05) is 0 Å². The minimum Gasteiger partial charge on any atom is -0.474 e. The molecule has 0 spiro atoms. The van der Waals surface area contributed by atoms with Crippen molar-refractivity contribution in [1.82, 2.24) is 10.1 Å². The molecule has 7 nitrogen and oxygen atoms in total. The van der Waals surface area contributed by atoms with Crippen LogP contribution in [0.4, 0.5) is 0 Å². The fourth-order valence-corrected chi connectivity index (χ4v) is 3.10. The molecular formula is C10H7ClN2O5S. The highest BCUT2D eigenvalue weighted by atomic mass is 35.5. The Morgan fingerprint density at radius 1 is 1.37 bits per heavy atom. The van der Waals surface area contributed by atoms with Crippen LogP contribution in [-0.4, -0.2) is 29.6 Å². The summed E-state index contributed by atoms with van der Waals surface area (Å²) in [6, 6.07) is 5.90. The van der Waals surface area contributed by atoms with Gasteiger partial charge >= 0.3 is 11.9 Å². The first-order valence-electron chi connectivity index (χ1n) is 4.93. The number of carboxylic acid groups (broad SMARTS) is 1. The van der Waals surface area contributed by atoms with Gasteiger partial charge in [0.2, 0.25) is 0 Å². The second-order valence-corrected chi connectivity index (χ2v) is 5.88. The second kappa shape index (κ2) is 4.98. The summed E-state index contributed by atoms with van der Waals surface area (Å²) >= 11 is 5.79. The molecule has 0 amide bonds. The van der Waals surface area contributed by atoms with Crippen LogP contribution < -0.4 is 0 Å². The second-order valence-electron chi connectivity index (χ2n) is 3.51. The molecule has 2 aromatic rings. The van der Waals surface area contributed by atoms with E-state index in [1.54, 1.807) is 6.07 Å². The van der Waals surface area contributed by atoms with Crippen molar-refractivity contribution in [2.45, 2.75) is 10.6 Å². The van der Waals surface area contributed by atoms with E-state index in [4.69, 9.17) is 16.7 Å². The van der Waals surface area contributed by atoms with Crippen LogP contribution in [0.5, 0.6) is 0 Å². The van der Waals surface area contributed by atoms with Crippen molar-refractivity contribution in [3.63, 3.8) is 0 Å². The van der Waals surface area contributed by atoms with E-state index >= 15 is 0 Å². The lowest BCUT2D eigenvalue weighted by Crippen LogP contribution is -2.07. The monoisotopic (exact) mass is 302 g/mol. The number of hydrogen-bond acceptors (Lipinski definition) is 6. The molecule has 0 fully saturated rings. The number of benzene rings is 1. The Hall–Kier alpha value is -1.93. The Labute approximate surface area is 112 Å². The predicted molar refractivity (Wildman–Crippen MR) is 63.6 cm³/mol. The third kappa shape index (κ3) is 2.91. The van der Waals surface area contributed by atoms with E-state index in [9.17, 15) is 13.2 Å². The highest BCUT2D eigenvalue weighted by Gasteiger charge is 2.23. The molecule has 1 aromatic carbocycles. The normalized spacial score (nSPS) is 11.4. The van der Waals surface area contributed by atoms with Crippen LogP contribution in [0.15, 0.2) is 33.7 Å². The van der Waals surface area contributed by atoms with E-state index in [0.29, 0.717) is 0 Å². The predicted octanol–water partition coefficient (Wildman–Crippen LogP) is 1.40. The summed E-state index contributed by atoms with van der Waals surface area (Å²) < 4.78 is 28.5. The van der Waals surface area contributed by atoms with Crippen LogP contribution in [0.25, 0.3) is 0 Å². The Balaban J connectivity index is 2.31. The summed E-state index contributed by atoms with van der Waals surface area (Å²) in [7, 11) is -3.77. The average Bonchev–Trinajstić information content (AvgIpc) is 2.77. The zero-order chi connectivity index (χ0) is 14.0. The zero-order valence-electron chi connectivity index (χ0n) is 9.28. The summed E-state index contributed by atoms with van der Waals surface area (Å²) in [5.41, 5.74) is 0. The molecule has 0 aliphatic rings.